The number of nitrogens with two attached hydrogens (primary N) is 1. The number of aliphatic carboxylic acids is 1. The SMILES string of the molecule is N[C@@H](CCC(=O)O[SiH](CO)CO)C(=O)O. The Labute approximate surface area is 88.2 Å². The lowest BCUT2D eigenvalue weighted by atomic mass is 10.2. The van der Waals surface area contributed by atoms with Gasteiger partial charge >= 0.3 is 5.97 Å². The third-order valence-corrected chi connectivity index (χ3v) is 3.09. The average molecular weight is 237 g/mol. The molecular formula is C7H15NO6Si. The van der Waals surface area contributed by atoms with E-state index >= 15 is 0 Å². The van der Waals surface area contributed by atoms with Gasteiger partial charge in [0.05, 0.1) is 12.5 Å². The lowest BCUT2D eigenvalue weighted by Crippen LogP contribution is -2.34. The van der Waals surface area contributed by atoms with Gasteiger partial charge < -0.3 is 25.5 Å². The summed E-state index contributed by atoms with van der Waals surface area (Å²) >= 11 is 0. The van der Waals surface area contributed by atoms with Crippen molar-refractivity contribution in [2.45, 2.75) is 18.9 Å². The highest BCUT2D eigenvalue weighted by Gasteiger charge is 2.17. The van der Waals surface area contributed by atoms with E-state index in [1.54, 1.807) is 0 Å². The molecule has 0 bridgehead atoms. The fraction of sp³-hybridized carbons (Fsp3) is 0.714. The fourth-order valence-electron chi connectivity index (χ4n) is 0.774. The van der Waals surface area contributed by atoms with Crippen LogP contribution in [0.25, 0.3) is 0 Å². The summed E-state index contributed by atoms with van der Waals surface area (Å²) in [5.41, 5.74) is 5.17. The van der Waals surface area contributed by atoms with Gasteiger partial charge in [-0.1, -0.05) is 0 Å². The zero-order valence-corrected chi connectivity index (χ0v) is 9.28. The van der Waals surface area contributed by atoms with Crippen LogP contribution in [0.3, 0.4) is 0 Å². The third kappa shape index (κ3) is 6.17. The van der Waals surface area contributed by atoms with Gasteiger partial charge in [0.25, 0.3) is 15.0 Å². The van der Waals surface area contributed by atoms with Crippen molar-refractivity contribution in [1.29, 1.82) is 0 Å². The maximum Gasteiger partial charge on any atom is 0.320 e. The van der Waals surface area contributed by atoms with Crippen molar-refractivity contribution in [3.63, 3.8) is 0 Å². The van der Waals surface area contributed by atoms with Crippen LogP contribution in [0.15, 0.2) is 0 Å². The number of aliphatic hydroxyl groups is 2. The minimum absolute atomic E-state index is 0.0217. The monoisotopic (exact) mass is 237 g/mol. The molecule has 0 fully saturated rings. The third-order valence-electron chi connectivity index (χ3n) is 1.68. The Morgan fingerprint density at radius 1 is 1.33 bits per heavy atom. The van der Waals surface area contributed by atoms with Crippen molar-refractivity contribution in [2.24, 2.45) is 5.73 Å². The number of carbonyl (C=O) groups is 2. The second-order valence-electron chi connectivity index (χ2n) is 2.96. The van der Waals surface area contributed by atoms with Crippen molar-refractivity contribution >= 4 is 21.0 Å². The summed E-state index contributed by atoms with van der Waals surface area (Å²) in [6.07, 6.45) is -0.830. The fourth-order valence-corrected chi connectivity index (χ4v) is 1.53. The highest BCUT2D eigenvalue weighted by atomic mass is 28.3. The molecule has 0 aliphatic heterocycles. The molecule has 15 heavy (non-hydrogen) atoms. The lowest BCUT2D eigenvalue weighted by molar-refractivity contribution is -0.139. The molecule has 5 N–H and O–H groups in total. The molecule has 0 aromatic carbocycles. The quantitative estimate of drug-likeness (QED) is 0.360. The summed E-state index contributed by atoms with van der Waals surface area (Å²) in [6, 6.07) is -1.10. The molecule has 0 unspecified atom stereocenters. The molecule has 0 saturated heterocycles. The molecule has 0 aromatic rings. The van der Waals surface area contributed by atoms with Gasteiger partial charge in [-0.2, -0.15) is 0 Å². The molecule has 0 aliphatic carbocycles. The summed E-state index contributed by atoms with van der Waals surface area (Å²) in [7, 11) is -2.26. The van der Waals surface area contributed by atoms with Gasteiger partial charge in [0.15, 0.2) is 0 Å². The van der Waals surface area contributed by atoms with Crippen LogP contribution in [0.4, 0.5) is 0 Å². The smallest absolute Gasteiger partial charge is 0.320 e. The maximum absolute atomic E-state index is 11.0. The summed E-state index contributed by atoms with van der Waals surface area (Å²) in [6.45, 7) is 0. The van der Waals surface area contributed by atoms with E-state index in [4.69, 9.17) is 25.5 Å². The Balaban J connectivity index is 3.79. The zero-order chi connectivity index (χ0) is 11.8. The first-order valence-electron chi connectivity index (χ1n) is 4.40. The number of rotatable bonds is 7. The molecule has 0 spiro atoms. The van der Waals surface area contributed by atoms with E-state index in [9.17, 15) is 9.59 Å². The van der Waals surface area contributed by atoms with E-state index in [2.05, 4.69) is 0 Å². The van der Waals surface area contributed by atoms with Crippen LogP contribution in [0, 0.1) is 0 Å². The van der Waals surface area contributed by atoms with Gasteiger partial charge in [0.2, 0.25) is 0 Å². The van der Waals surface area contributed by atoms with Gasteiger partial charge in [0.1, 0.15) is 6.04 Å². The van der Waals surface area contributed by atoms with Crippen LogP contribution in [0.2, 0.25) is 0 Å². The molecular weight excluding hydrogens is 222 g/mol. The predicted octanol–water partition coefficient (Wildman–Crippen LogP) is -2.49. The van der Waals surface area contributed by atoms with Crippen LogP contribution in [-0.2, 0) is 14.0 Å². The number of carboxylic acid groups (broad SMARTS) is 1. The highest BCUT2D eigenvalue weighted by Crippen LogP contribution is 1.98. The zero-order valence-electron chi connectivity index (χ0n) is 8.13. The van der Waals surface area contributed by atoms with Gasteiger partial charge in [0, 0.05) is 6.42 Å². The van der Waals surface area contributed by atoms with E-state index in [1.165, 1.54) is 0 Å². The Morgan fingerprint density at radius 2 is 1.87 bits per heavy atom. The van der Waals surface area contributed by atoms with Crippen LogP contribution in [-0.4, -0.2) is 54.8 Å². The summed E-state index contributed by atoms with van der Waals surface area (Å²) < 4.78 is 4.73. The van der Waals surface area contributed by atoms with Crippen LogP contribution >= 0.6 is 0 Å². The van der Waals surface area contributed by atoms with Crippen LogP contribution < -0.4 is 5.73 Å². The maximum atomic E-state index is 11.0. The molecule has 88 valence electrons. The summed E-state index contributed by atoms with van der Waals surface area (Å²) in [4.78, 5) is 21.3. The number of carboxylic acids is 1. The largest absolute Gasteiger partial charge is 0.517 e. The van der Waals surface area contributed by atoms with Crippen molar-refractivity contribution in [1.82, 2.24) is 0 Å². The second kappa shape index (κ2) is 7.34. The topological polar surface area (TPSA) is 130 Å². The minimum atomic E-state index is -2.26. The molecule has 0 aromatic heterocycles. The molecule has 8 heteroatoms. The number of aliphatic hydroxyl groups excluding tert-OH is 2. The number of hydrogen-bond acceptors (Lipinski definition) is 6. The first kappa shape index (κ1) is 14.0. The molecule has 0 amide bonds. The second-order valence-corrected chi connectivity index (χ2v) is 5.17. The van der Waals surface area contributed by atoms with Crippen LogP contribution in [0.1, 0.15) is 12.8 Å². The molecule has 1 atom stereocenters. The van der Waals surface area contributed by atoms with Gasteiger partial charge in [-0.25, -0.2) is 0 Å². The number of hydrogen-bond donors (Lipinski definition) is 4. The first-order valence-corrected chi connectivity index (χ1v) is 6.51. The van der Waals surface area contributed by atoms with Crippen molar-refractivity contribution in [3.8, 4) is 0 Å². The lowest BCUT2D eigenvalue weighted by Gasteiger charge is -2.12. The Kier molecular flexibility index (Phi) is 6.87. The van der Waals surface area contributed by atoms with E-state index in [1.807, 2.05) is 0 Å². The molecule has 0 aliphatic rings. The molecule has 0 radical (unpaired) electrons. The minimum Gasteiger partial charge on any atom is -0.517 e. The predicted molar refractivity (Wildman–Crippen MR) is 52.3 cm³/mol. The average Bonchev–Trinajstić information content (AvgIpc) is 2.22. The van der Waals surface area contributed by atoms with Crippen molar-refractivity contribution < 1.29 is 29.3 Å². The van der Waals surface area contributed by atoms with E-state index in [-0.39, 0.29) is 25.3 Å². The van der Waals surface area contributed by atoms with E-state index in [0.29, 0.717) is 0 Å². The Morgan fingerprint density at radius 3 is 2.27 bits per heavy atom. The van der Waals surface area contributed by atoms with Crippen molar-refractivity contribution in [3.05, 3.63) is 0 Å². The van der Waals surface area contributed by atoms with Gasteiger partial charge in [-0.05, 0) is 6.42 Å². The number of carbonyl (C=O) groups excluding carboxylic acids is 1. The summed E-state index contributed by atoms with van der Waals surface area (Å²) in [5.74, 6) is -1.81. The molecule has 7 nitrogen and oxygen atoms in total. The first-order chi connectivity index (χ1) is 7.01. The van der Waals surface area contributed by atoms with Crippen molar-refractivity contribution in [2.75, 3.05) is 12.5 Å². The van der Waals surface area contributed by atoms with Gasteiger partial charge in [-0.15, -0.1) is 0 Å². The van der Waals surface area contributed by atoms with Gasteiger partial charge in [-0.3, -0.25) is 9.59 Å². The highest BCUT2D eigenvalue weighted by molar-refractivity contribution is 6.53. The molecule has 0 rings (SSSR count). The molecule has 0 saturated carbocycles. The normalized spacial score (nSPS) is 12.5. The standard InChI is InChI=1S/C7H15NO6Si/c8-5(7(12)13)1-2-6(11)14-15(3-9)4-10/h5,9-10,15H,1-4,8H2,(H,12,13)/t5-/m0/s1. The molecule has 0 heterocycles. The Bertz CT molecular complexity index is 220. The van der Waals surface area contributed by atoms with Crippen LogP contribution in [0.5, 0.6) is 0 Å². The Hall–Kier alpha value is -0.963. The van der Waals surface area contributed by atoms with E-state index in [0.717, 1.165) is 0 Å². The summed E-state index contributed by atoms with van der Waals surface area (Å²) in [5, 5.41) is 25.7. The van der Waals surface area contributed by atoms with E-state index < -0.39 is 27.0 Å².